The summed E-state index contributed by atoms with van der Waals surface area (Å²) in [6.07, 6.45) is 1.45. The molecule has 0 aromatic heterocycles. The molecule has 0 aliphatic rings. The summed E-state index contributed by atoms with van der Waals surface area (Å²) in [5.74, 6) is 0.312. The fourth-order valence-corrected chi connectivity index (χ4v) is 2.13. The van der Waals surface area contributed by atoms with Gasteiger partial charge in [-0.3, -0.25) is 4.79 Å². The summed E-state index contributed by atoms with van der Waals surface area (Å²) in [6.45, 7) is 1.80. The number of hydrogen-bond acceptors (Lipinski definition) is 3. The second-order valence-corrected chi connectivity index (χ2v) is 5.36. The molecule has 22 heavy (non-hydrogen) atoms. The van der Waals surface area contributed by atoms with E-state index < -0.39 is 0 Å². The number of halogens is 2. The standard InChI is InChI=1S/C16H14Cl2N2O2/c1-11-4-2-3-5-15(11)22-10-16(21)20-19-9-12-6-7-13(17)8-14(12)18/h2-9H,10H2,1H3,(H,20,21)/b19-9-. The Balaban J connectivity index is 1.85. The summed E-state index contributed by atoms with van der Waals surface area (Å²) in [5, 5.41) is 4.83. The van der Waals surface area contributed by atoms with Crippen LogP contribution in [0.5, 0.6) is 5.75 Å². The molecular weight excluding hydrogens is 323 g/mol. The topological polar surface area (TPSA) is 50.7 Å². The van der Waals surface area contributed by atoms with Crippen LogP contribution in [0.2, 0.25) is 10.0 Å². The summed E-state index contributed by atoms with van der Waals surface area (Å²) in [7, 11) is 0. The largest absolute Gasteiger partial charge is 0.483 e. The van der Waals surface area contributed by atoms with Gasteiger partial charge in [0.25, 0.3) is 5.91 Å². The number of hydrogen-bond donors (Lipinski definition) is 1. The molecule has 1 amide bonds. The van der Waals surface area contributed by atoms with Gasteiger partial charge < -0.3 is 4.74 Å². The van der Waals surface area contributed by atoms with Gasteiger partial charge in [0.1, 0.15) is 5.75 Å². The summed E-state index contributed by atoms with van der Waals surface area (Å²) < 4.78 is 5.41. The highest BCUT2D eigenvalue weighted by Gasteiger charge is 2.03. The van der Waals surface area contributed by atoms with E-state index in [0.29, 0.717) is 21.4 Å². The van der Waals surface area contributed by atoms with Crippen LogP contribution in [-0.2, 0) is 4.79 Å². The van der Waals surface area contributed by atoms with Gasteiger partial charge in [-0.1, -0.05) is 47.5 Å². The normalized spacial score (nSPS) is 10.7. The third-order valence-corrected chi connectivity index (χ3v) is 3.37. The van der Waals surface area contributed by atoms with Gasteiger partial charge in [0, 0.05) is 10.6 Å². The van der Waals surface area contributed by atoms with Crippen LogP contribution < -0.4 is 10.2 Å². The number of nitrogens with one attached hydrogen (secondary N) is 1. The number of nitrogens with zero attached hydrogens (tertiary/aromatic N) is 1. The zero-order valence-corrected chi connectivity index (χ0v) is 13.4. The van der Waals surface area contributed by atoms with Gasteiger partial charge in [-0.25, -0.2) is 5.43 Å². The van der Waals surface area contributed by atoms with E-state index in [1.54, 1.807) is 24.3 Å². The molecule has 0 radical (unpaired) electrons. The molecule has 0 bridgehead atoms. The van der Waals surface area contributed by atoms with E-state index in [1.165, 1.54) is 6.21 Å². The minimum atomic E-state index is -0.357. The van der Waals surface area contributed by atoms with E-state index in [4.69, 9.17) is 27.9 Å². The Kier molecular flexibility index (Phi) is 5.81. The van der Waals surface area contributed by atoms with E-state index >= 15 is 0 Å². The van der Waals surface area contributed by atoms with Crippen molar-refractivity contribution in [1.29, 1.82) is 0 Å². The van der Waals surface area contributed by atoms with Gasteiger partial charge >= 0.3 is 0 Å². The van der Waals surface area contributed by atoms with E-state index in [9.17, 15) is 4.79 Å². The molecule has 0 aliphatic carbocycles. The number of rotatable bonds is 5. The van der Waals surface area contributed by atoms with Gasteiger partial charge in [-0.05, 0) is 30.7 Å². The average molecular weight is 337 g/mol. The first-order valence-electron chi connectivity index (χ1n) is 6.51. The molecule has 2 aromatic rings. The molecule has 0 saturated carbocycles. The zero-order chi connectivity index (χ0) is 15.9. The minimum Gasteiger partial charge on any atom is -0.483 e. The van der Waals surface area contributed by atoms with Crippen molar-refractivity contribution < 1.29 is 9.53 Å². The zero-order valence-electron chi connectivity index (χ0n) is 11.8. The maximum Gasteiger partial charge on any atom is 0.277 e. The van der Waals surface area contributed by atoms with Gasteiger partial charge in [-0.2, -0.15) is 5.10 Å². The average Bonchev–Trinajstić information content (AvgIpc) is 2.49. The smallest absolute Gasteiger partial charge is 0.277 e. The van der Waals surface area contributed by atoms with Gasteiger partial charge in [-0.15, -0.1) is 0 Å². The number of hydrazone groups is 1. The maximum atomic E-state index is 11.7. The van der Waals surface area contributed by atoms with E-state index in [1.807, 2.05) is 25.1 Å². The number of aryl methyl sites for hydroxylation is 1. The SMILES string of the molecule is Cc1ccccc1OCC(=O)N/N=C\c1ccc(Cl)cc1Cl. The molecule has 0 saturated heterocycles. The second kappa shape index (κ2) is 7.82. The summed E-state index contributed by atoms with van der Waals surface area (Å²) in [6, 6.07) is 12.5. The Labute approximate surface area is 138 Å². The van der Waals surface area contributed by atoms with Crippen molar-refractivity contribution in [2.75, 3.05) is 6.61 Å². The number of benzene rings is 2. The van der Waals surface area contributed by atoms with Crippen LogP contribution in [0.25, 0.3) is 0 Å². The second-order valence-electron chi connectivity index (χ2n) is 4.51. The molecule has 1 N–H and O–H groups in total. The Hall–Kier alpha value is -2.04. The molecule has 0 heterocycles. The van der Waals surface area contributed by atoms with Crippen LogP contribution in [0.1, 0.15) is 11.1 Å². The first-order chi connectivity index (χ1) is 10.6. The molecule has 2 aromatic carbocycles. The number of ether oxygens (including phenoxy) is 1. The van der Waals surface area contributed by atoms with Gasteiger partial charge in [0.05, 0.1) is 11.2 Å². The van der Waals surface area contributed by atoms with Crippen LogP contribution in [0.4, 0.5) is 0 Å². The van der Waals surface area contributed by atoms with Crippen molar-refractivity contribution in [1.82, 2.24) is 5.43 Å². The molecule has 0 atom stereocenters. The van der Waals surface area contributed by atoms with Crippen molar-refractivity contribution in [3.63, 3.8) is 0 Å². The minimum absolute atomic E-state index is 0.115. The molecule has 2 rings (SSSR count). The monoisotopic (exact) mass is 336 g/mol. The van der Waals surface area contributed by atoms with Crippen molar-refractivity contribution >= 4 is 35.3 Å². The highest BCUT2D eigenvalue weighted by Crippen LogP contribution is 2.19. The van der Waals surface area contributed by atoms with Crippen molar-refractivity contribution in [3.8, 4) is 5.75 Å². The third-order valence-electron chi connectivity index (χ3n) is 2.81. The Morgan fingerprint density at radius 3 is 2.77 bits per heavy atom. The lowest BCUT2D eigenvalue weighted by Crippen LogP contribution is -2.24. The van der Waals surface area contributed by atoms with Gasteiger partial charge in [0.2, 0.25) is 0 Å². The summed E-state index contributed by atoms with van der Waals surface area (Å²) >= 11 is 11.8. The maximum absolute atomic E-state index is 11.7. The lowest BCUT2D eigenvalue weighted by molar-refractivity contribution is -0.123. The molecule has 6 heteroatoms. The van der Waals surface area contributed by atoms with Crippen LogP contribution in [-0.4, -0.2) is 18.7 Å². The molecular formula is C16H14Cl2N2O2. The highest BCUT2D eigenvalue weighted by atomic mass is 35.5. The lowest BCUT2D eigenvalue weighted by Gasteiger charge is -2.07. The van der Waals surface area contributed by atoms with Crippen molar-refractivity contribution in [3.05, 3.63) is 63.6 Å². The first-order valence-corrected chi connectivity index (χ1v) is 7.27. The van der Waals surface area contributed by atoms with Crippen molar-refractivity contribution in [2.24, 2.45) is 5.10 Å². The van der Waals surface area contributed by atoms with E-state index in [2.05, 4.69) is 10.5 Å². The van der Waals surface area contributed by atoms with Gasteiger partial charge in [0.15, 0.2) is 6.61 Å². The van der Waals surface area contributed by atoms with Crippen LogP contribution in [0, 0.1) is 6.92 Å². The van der Waals surface area contributed by atoms with Crippen molar-refractivity contribution in [2.45, 2.75) is 6.92 Å². The molecule has 0 unspecified atom stereocenters. The predicted molar refractivity (Wildman–Crippen MR) is 88.9 cm³/mol. The summed E-state index contributed by atoms with van der Waals surface area (Å²) in [4.78, 5) is 11.7. The van der Waals surface area contributed by atoms with E-state index in [0.717, 1.165) is 5.56 Å². The first kappa shape index (κ1) is 16.3. The predicted octanol–water partition coefficient (Wildman–Crippen LogP) is 3.83. The number of carbonyl (C=O) groups excluding carboxylic acids is 1. The fourth-order valence-electron chi connectivity index (χ4n) is 1.67. The Morgan fingerprint density at radius 2 is 2.05 bits per heavy atom. The number of carbonyl (C=O) groups is 1. The molecule has 0 spiro atoms. The molecule has 4 nitrogen and oxygen atoms in total. The summed E-state index contributed by atoms with van der Waals surface area (Å²) in [5.41, 5.74) is 4.00. The fraction of sp³-hybridized carbons (Fsp3) is 0.125. The third kappa shape index (κ3) is 4.76. The van der Waals surface area contributed by atoms with E-state index in [-0.39, 0.29) is 12.5 Å². The highest BCUT2D eigenvalue weighted by molar-refractivity contribution is 6.36. The van der Waals surface area contributed by atoms with Crippen LogP contribution >= 0.6 is 23.2 Å². The quantitative estimate of drug-likeness (QED) is 0.666. The molecule has 114 valence electrons. The number of para-hydroxylation sites is 1. The molecule has 0 aliphatic heterocycles. The Morgan fingerprint density at radius 1 is 1.27 bits per heavy atom. The lowest BCUT2D eigenvalue weighted by atomic mass is 10.2. The van der Waals surface area contributed by atoms with Crippen LogP contribution in [0.15, 0.2) is 47.6 Å². The van der Waals surface area contributed by atoms with Crippen LogP contribution in [0.3, 0.4) is 0 Å². The number of amides is 1. The Bertz CT molecular complexity index is 702. The molecule has 0 fully saturated rings.